The number of carbonyl (C=O) groups is 2. The first-order valence-electron chi connectivity index (χ1n) is 6.61. The van der Waals surface area contributed by atoms with Gasteiger partial charge in [0.05, 0.1) is 14.2 Å². The van der Waals surface area contributed by atoms with Gasteiger partial charge < -0.3 is 9.47 Å². The Labute approximate surface area is 110 Å². The average Bonchev–Trinajstić information content (AvgIpc) is 2.34. The highest BCUT2D eigenvalue weighted by molar-refractivity contribution is 5.94. The first kappa shape index (κ1) is 16.9. The number of methoxy groups -OCH3 is 2. The van der Waals surface area contributed by atoms with Gasteiger partial charge in [-0.05, 0) is 24.7 Å². The first-order chi connectivity index (χ1) is 8.46. The minimum absolute atomic E-state index is 0.301. The molecule has 0 N–H and O–H groups in total. The molecule has 0 aliphatic rings. The second kappa shape index (κ2) is 8.95. The summed E-state index contributed by atoms with van der Waals surface area (Å²) in [6.45, 7) is 6.42. The van der Waals surface area contributed by atoms with E-state index < -0.39 is 17.9 Å². The van der Waals surface area contributed by atoms with E-state index in [-0.39, 0.29) is 0 Å². The summed E-state index contributed by atoms with van der Waals surface area (Å²) in [5.41, 5.74) is 0. The minimum Gasteiger partial charge on any atom is -0.468 e. The molecule has 0 aromatic carbocycles. The molecule has 0 aliphatic carbocycles. The standard InChI is InChI=1S/C14H26O4/c1-6-7-10(2)8-11(3)9-12(13(15)17-4)14(16)18-5/h10-12H,6-9H2,1-5H3/t10-,11+/m0/s1. The predicted molar refractivity (Wildman–Crippen MR) is 70.0 cm³/mol. The van der Waals surface area contributed by atoms with Crippen molar-refractivity contribution in [2.45, 2.75) is 46.5 Å². The third kappa shape index (κ3) is 6.03. The maximum atomic E-state index is 11.5. The molecule has 106 valence electrons. The number of hydrogen-bond donors (Lipinski definition) is 0. The zero-order valence-corrected chi connectivity index (χ0v) is 12.2. The summed E-state index contributed by atoms with van der Waals surface area (Å²) in [6, 6.07) is 0. The van der Waals surface area contributed by atoms with Gasteiger partial charge >= 0.3 is 11.9 Å². The van der Waals surface area contributed by atoms with Crippen molar-refractivity contribution < 1.29 is 19.1 Å². The highest BCUT2D eigenvalue weighted by atomic mass is 16.5. The zero-order valence-electron chi connectivity index (χ0n) is 12.2. The molecule has 0 rings (SSSR count). The Balaban J connectivity index is 4.39. The van der Waals surface area contributed by atoms with Crippen molar-refractivity contribution in [2.75, 3.05) is 14.2 Å². The summed E-state index contributed by atoms with van der Waals surface area (Å²) >= 11 is 0. The molecule has 4 nitrogen and oxygen atoms in total. The van der Waals surface area contributed by atoms with Gasteiger partial charge in [0.25, 0.3) is 0 Å². The zero-order chi connectivity index (χ0) is 14.1. The second-order valence-electron chi connectivity index (χ2n) is 5.07. The molecular formula is C14H26O4. The van der Waals surface area contributed by atoms with E-state index in [4.69, 9.17) is 0 Å². The molecule has 4 heteroatoms. The second-order valence-corrected chi connectivity index (χ2v) is 5.07. The van der Waals surface area contributed by atoms with E-state index in [9.17, 15) is 9.59 Å². The van der Waals surface area contributed by atoms with Crippen LogP contribution >= 0.6 is 0 Å². The summed E-state index contributed by atoms with van der Waals surface area (Å²) in [5.74, 6) is -0.881. The van der Waals surface area contributed by atoms with Gasteiger partial charge in [-0.1, -0.05) is 33.6 Å². The summed E-state index contributed by atoms with van der Waals surface area (Å²) < 4.78 is 9.30. The lowest BCUT2D eigenvalue weighted by Gasteiger charge is -2.20. The van der Waals surface area contributed by atoms with Gasteiger partial charge in [0.15, 0.2) is 5.92 Å². The predicted octanol–water partition coefficient (Wildman–Crippen LogP) is 2.80. The lowest BCUT2D eigenvalue weighted by atomic mass is 9.87. The van der Waals surface area contributed by atoms with Crippen LogP contribution in [0.5, 0.6) is 0 Å². The third-order valence-electron chi connectivity index (χ3n) is 3.20. The SMILES string of the molecule is CCC[C@H](C)C[C@@H](C)CC(C(=O)OC)C(=O)OC. The van der Waals surface area contributed by atoms with Crippen LogP contribution in [0.1, 0.15) is 46.5 Å². The first-order valence-corrected chi connectivity index (χ1v) is 6.61. The van der Waals surface area contributed by atoms with Crippen LogP contribution in [0.15, 0.2) is 0 Å². The molecule has 0 saturated carbocycles. The Bertz CT molecular complexity index is 247. The van der Waals surface area contributed by atoms with E-state index in [0.29, 0.717) is 18.3 Å². The summed E-state index contributed by atoms with van der Waals surface area (Å²) in [7, 11) is 2.59. The maximum absolute atomic E-state index is 11.5. The van der Waals surface area contributed by atoms with Crippen LogP contribution in [-0.4, -0.2) is 26.2 Å². The monoisotopic (exact) mass is 258 g/mol. The Morgan fingerprint density at radius 1 is 0.944 bits per heavy atom. The Kier molecular flexibility index (Phi) is 8.42. The van der Waals surface area contributed by atoms with Crippen LogP contribution < -0.4 is 0 Å². The fourth-order valence-electron chi connectivity index (χ4n) is 2.37. The Hall–Kier alpha value is -1.06. The topological polar surface area (TPSA) is 52.6 Å². The number of hydrogen-bond acceptors (Lipinski definition) is 4. The van der Waals surface area contributed by atoms with E-state index in [1.807, 2.05) is 0 Å². The lowest BCUT2D eigenvalue weighted by molar-refractivity contribution is -0.159. The molecule has 0 aromatic heterocycles. The number of esters is 2. The van der Waals surface area contributed by atoms with Gasteiger partial charge in [0, 0.05) is 0 Å². The summed E-state index contributed by atoms with van der Waals surface area (Å²) in [5, 5.41) is 0. The van der Waals surface area contributed by atoms with Gasteiger partial charge in [-0.25, -0.2) is 0 Å². The quantitative estimate of drug-likeness (QED) is 0.496. The molecular weight excluding hydrogens is 232 g/mol. The minimum atomic E-state index is -0.788. The molecule has 0 aliphatic heterocycles. The molecule has 0 bridgehead atoms. The lowest BCUT2D eigenvalue weighted by Crippen LogP contribution is -2.28. The number of rotatable bonds is 8. The van der Waals surface area contributed by atoms with Crippen LogP contribution in [0.3, 0.4) is 0 Å². The number of ether oxygens (including phenoxy) is 2. The van der Waals surface area contributed by atoms with Gasteiger partial charge in [0.2, 0.25) is 0 Å². The van der Waals surface area contributed by atoms with E-state index in [2.05, 4.69) is 30.2 Å². The van der Waals surface area contributed by atoms with E-state index in [1.54, 1.807) is 0 Å². The molecule has 0 heterocycles. The number of carbonyl (C=O) groups excluding carboxylic acids is 2. The van der Waals surface area contributed by atoms with E-state index in [0.717, 1.165) is 12.8 Å². The summed E-state index contributed by atoms with van der Waals surface area (Å²) in [4.78, 5) is 23.1. The van der Waals surface area contributed by atoms with Gasteiger partial charge in [-0.15, -0.1) is 0 Å². The average molecular weight is 258 g/mol. The molecule has 0 aromatic rings. The van der Waals surface area contributed by atoms with Gasteiger partial charge in [-0.3, -0.25) is 9.59 Å². The van der Waals surface area contributed by atoms with Crippen molar-refractivity contribution in [1.82, 2.24) is 0 Å². The fourth-order valence-corrected chi connectivity index (χ4v) is 2.37. The molecule has 0 spiro atoms. The molecule has 0 unspecified atom stereocenters. The van der Waals surface area contributed by atoms with Crippen LogP contribution in [-0.2, 0) is 19.1 Å². The molecule has 0 saturated heterocycles. The van der Waals surface area contributed by atoms with Crippen molar-refractivity contribution in [3.63, 3.8) is 0 Å². The van der Waals surface area contributed by atoms with Crippen molar-refractivity contribution in [3.05, 3.63) is 0 Å². The van der Waals surface area contributed by atoms with Crippen molar-refractivity contribution in [2.24, 2.45) is 17.8 Å². The highest BCUT2D eigenvalue weighted by Gasteiger charge is 2.30. The van der Waals surface area contributed by atoms with Crippen molar-refractivity contribution >= 4 is 11.9 Å². The maximum Gasteiger partial charge on any atom is 0.320 e. The van der Waals surface area contributed by atoms with Crippen molar-refractivity contribution in [3.8, 4) is 0 Å². The highest BCUT2D eigenvalue weighted by Crippen LogP contribution is 2.23. The Morgan fingerprint density at radius 2 is 1.44 bits per heavy atom. The summed E-state index contributed by atoms with van der Waals surface area (Å²) in [6.07, 6.45) is 3.84. The normalized spacial score (nSPS) is 14.1. The largest absolute Gasteiger partial charge is 0.468 e. The fraction of sp³-hybridized carbons (Fsp3) is 0.857. The van der Waals surface area contributed by atoms with Crippen LogP contribution in [0.25, 0.3) is 0 Å². The van der Waals surface area contributed by atoms with Crippen LogP contribution in [0, 0.1) is 17.8 Å². The van der Waals surface area contributed by atoms with Crippen molar-refractivity contribution in [1.29, 1.82) is 0 Å². The molecule has 0 radical (unpaired) electrons. The molecule has 0 amide bonds. The Morgan fingerprint density at radius 3 is 1.83 bits per heavy atom. The molecule has 2 atom stereocenters. The van der Waals surface area contributed by atoms with Crippen LogP contribution in [0.2, 0.25) is 0 Å². The van der Waals surface area contributed by atoms with Crippen LogP contribution in [0.4, 0.5) is 0 Å². The van der Waals surface area contributed by atoms with Gasteiger partial charge in [-0.2, -0.15) is 0 Å². The van der Waals surface area contributed by atoms with E-state index in [1.165, 1.54) is 20.6 Å². The van der Waals surface area contributed by atoms with Gasteiger partial charge in [0.1, 0.15) is 0 Å². The smallest absolute Gasteiger partial charge is 0.320 e. The third-order valence-corrected chi connectivity index (χ3v) is 3.20. The molecule has 18 heavy (non-hydrogen) atoms. The molecule has 0 fully saturated rings. The van der Waals surface area contributed by atoms with E-state index >= 15 is 0 Å².